The van der Waals surface area contributed by atoms with Crippen LogP contribution in [0.15, 0.2) is 41.3 Å². The van der Waals surface area contributed by atoms with Crippen LogP contribution in [0.4, 0.5) is 25.1 Å². The van der Waals surface area contributed by atoms with Crippen molar-refractivity contribution < 1.29 is 13.6 Å². The van der Waals surface area contributed by atoms with E-state index in [-0.39, 0.29) is 11.2 Å². The number of piperazine rings is 1. The Kier molecular flexibility index (Phi) is 4.83. The topological polar surface area (TPSA) is 83.4 Å². The Morgan fingerprint density at radius 2 is 1.90 bits per heavy atom. The summed E-state index contributed by atoms with van der Waals surface area (Å²) in [6.45, 7) is 1.44. The standard InChI is InChI=1S/C19H18F2N6O2/c1-25-16-15(3-2-6-22-16)23-17(18(25)28)26-7-9-27(10-8-26)19(29)24-14-5-4-12(20)11-13(14)21/h2-6,11H,7-10H2,1H3,(H,24,29). The fourth-order valence-electron chi connectivity index (χ4n) is 3.25. The van der Waals surface area contributed by atoms with Crippen LogP contribution in [0.1, 0.15) is 0 Å². The third-order valence-electron chi connectivity index (χ3n) is 4.85. The number of amides is 2. The van der Waals surface area contributed by atoms with Crippen LogP contribution in [0, 0.1) is 11.6 Å². The van der Waals surface area contributed by atoms with Crippen LogP contribution < -0.4 is 15.8 Å². The van der Waals surface area contributed by atoms with Crippen molar-refractivity contribution >= 4 is 28.7 Å². The van der Waals surface area contributed by atoms with Crippen molar-refractivity contribution in [3.8, 4) is 0 Å². The first kappa shape index (κ1) is 18.8. The van der Waals surface area contributed by atoms with Gasteiger partial charge in [0.15, 0.2) is 11.5 Å². The first-order valence-corrected chi connectivity index (χ1v) is 9.02. The minimum Gasteiger partial charge on any atom is -0.348 e. The molecule has 0 saturated carbocycles. The summed E-state index contributed by atoms with van der Waals surface area (Å²) in [6.07, 6.45) is 1.60. The molecular weight excluding hydrogens is 382 g/mol. The van der Waals surface area contributed by atoms with E-state index < -0.39 is 17.7 Å². The van der Waals surface area contributed by atoms with Crippen LogP contribution in [0.5, 0.6) is 0 Å². The van der Waals surface area contributed by atoms with Gasteiger partial charge < -0.3 is 15.1 Å². The number of pyridine rings is 1. The van der Waals surface area contributed by atoms with Gasteiger partial charge in [-0.3, -0.25) is 9.36 Å². The maximum absolute atomic E-state index is 13.7. The summed E-state index contributed by atoms with van der Waals surface area (Å²) in [5.74, 6) is -1.25. The molecule has 0 aliphatic carbocycles. The number of carbonyl (C=O) groups is 1. The molecule has 0 unspecified atom stereocenters. The lowest BCUT2D eigenvalue weighted by Crippen LogP contribution is -2.51. The lowest BCUT2D eigenvalue weighted by Gasteiger charge is -2.35. The third kappa shape index (κ3) is 3.60. The van der Waals surface area contributed by atoms with Crippen molar-refractivity contribution in [1.82, 2.24) is 19.4 Å². The Hall–Kier alpha value is -3.56. The van der Waals surface area contributed by atoms with E-state index in [1.54, 1.807) is 25.4 Å². The molecule has 0 radical (unpaired) electrons. The highest BCUT2D eigenvalue weighted by atomic mass is 19.1. The number of carbonyl (C=O) groups excluding carboxylic acids is 1. The van der Waals surface area contributed by atoms with E-state index in [1.807, 2.05) is 4.90 Å². The van der Waals surface area contributed by atoms with Gasteiger partial charge in [-0.15, -0.1) is 0 Å². The molecule has 1 aliphatic rings. The molecule has 150 valence electrons. The van der Waals surface area contributed by atoms with Gasteiger partial charge in [0.2, 0.25) is 0 Å². The van der Waals surface area contributed by atoms with Gasteiger partial charge in [0.25, 0.3) is 5.56 Å². The minimum atomic E-state index is -0.838. The van der Waals surface area contributed by atoms with Crippen LogP contribution in [0.2, 0.25) is 0 Å². The van der Waals surface area contributed by atoms with Crippen molar-refractivity contribution in [2.24, 2.45) is 7.05 Å². The Morgan fingerprint density at radius 1 is 1.14 bits per heavy atom. The summed E-state index contributed by atoms with van der Waals surface area (Å²) in [4.78, 5) is 37.0. The lowest BCUT2D eigenvalue weighted by atomic mass is 10.3. The van der Waals surface area contributed by atoms with Gasteiger partial charge in [0.05, 0.1) is 5.69 Å². The van der Waals surface area contributed by atoms with E-state index in [9.17, 15) is 18.4 Å². The van der Waals surface area contributed by atoms with Gasteiger partial charge in [-0.2, -0.15) is 0 Å². The van der Waals surface area contributed by atoms with E-state index in [2.05, 4.69) is 15.3 Å². The number of urea groups is 1. The van der Waals surface area contributed by atoms with Crippen molar-refractivity contribution in [1.29, 1.82) is 0 Å². The SMILES string of the molecule is Cn1c(=O)c(N2CCN(C(=O)Nc3ccc(F)cc3F)CC2)nc2cccnc21. The van der Waals surface area contributed by atoms with Crippen molar-refractivity contribution in [2.75, 3.05) is 36.4 Å². The quantitative estimate of drug-likeness (QED) is 0.711. The number of rotatable bonds is 2. The zero-order valence-electron chi connectivity index (χ0n) is 15.6. The first-order valence-electron chi connectivity index (χ1n) is 9.02. The summed E-state index contributed by atoms with van der Waals surface area (Å²) in [5.41, 5.74) is 0.760. The maximum Gasteiger partial charge on any atom is 0.322 e. The number of anilines is 2. The van der Waals surface area contributed by atoms with Crippen LogP contribution in [0.3, 0.4) is 0 Å². The van der Waals surface area contributed by atoms with Crippen molar-refractivity contribution in [2.45, 2.75) is 0 Å². The number of aryl methyl sites for hydroxylation is 1. The molecule has 1 saturated heterocycles. The highest BCUT2D eigenvalue weighted by Crippen LogP contribution is 2.17. The van der Waals surface area contributed by atoms with Crippen molar-refractivity contribution in [3.63, 3.8) is 0 Å². The normalized spacial score (nSPS) is 14.3. The molecule has 1 aromatic carbocycles. The van der Waals surface area contributed by atoms with Gasteiger partial charge in [-0.1, -0.05) is 0 Å². The summed E-state index contributed by atoms with van der Waals surface area (Å²) < 4.78 is 28.2. The number of fused-ring (bicyclic) bond motifs is 1. The van der Waals surface area contributed by atoms with Crippen LogP contribution >= 0.6 is 0 Å². The van der Waals surface area contributed by atoms with Gasteiger partial charge in [0, 0.05) is 45.5 Å². The van der Waals surface area contributed by atoms with Gasteiger partial charge in [-0.05, 0) is 24.3 Å². The van der Waals surface area contributed by atoms with E-state index in [1.165, 1.54) is 15.5 Å². The molecule has 3 heterocycles. The number of halogens is 2. The average molecular weight is 400 g/mol. The second-order valence-electron chi connectivity index (χ2n) is 6.67. The fraction of sp³-hybridized carbons (Fsp3) is 0.263. The summed E-state index contributed by atoms with van der Waals surface area (Å²) in [6, 6.07) is 6.01. The molecule has 0 bridgehead atoms. The minimum absolute atomic E-state index is 0.0867. The average Bonchev–Trinajstić information content (AvgIpc) is 2.73. The molecule has 0 atom stereocenters. The molecule has 4 rings (SSSR count). The van der Waals surface area contributed by atoms with Crippen LogP contribution in [-0.2, 0) is 7.05 Å². The number of nitrogens with zero attached hydrogens (tertiary/aromatic N) is 5. The van der Waals surface area contributed by atoms with E-state index in [0.29, 0.717) is 49.2 Å². The Bertz CT molecular complexity index is 1140. The Morgan fingerprint density at radius 3 is 2.62 bits per heavy atom. The van der Waals surface area contributed by atoms with E-state index in [0.717, 1.165) is 6.07 Å². The molecule has 8 nitrogen and oxygen atoms in total. The van der Waals surface area contributed by atoms with Crippen molar-refractivity contribution in [3.05, 3.63) is 58.5 Å². The molecule has 3 aromatic rings. The van der Waals surface area contributed by atoms with Gasteiger partial charge >= 0.3 is 6.03 Å². The largest absolute Gasteiger partial charge is 0.348 e. The summed E-state index contributed by atoms with van der Waals surface area (Å²) in [7, 11) is 1.64. The van der Waals surface area contributed by atoms with Gasteiger partial charge in [-0.25, -0.2) is 23.5 Å². The molecular formula is C19H18F2N6O2. The second kappa shape index (κ2) is 7.46. The summed E-state index contributed by atoms with van der Waals surface area (Å²) in [5, 5.41) is 2.44. The Labute approximate surface area is 164 Å². The molecule has 1 aliphatic heterocycles. The molecule has 1 N–H and O–H groups in total. The lowest BCUT2D eigenvalue weighted by molar-refractivity contribution is 0.208. The van der Waals surface area contributed by atoms with Crippen LogP contribution in [0.25, 0.3) is 11.2 Å². The number of hydrogen-bond donors (Lipinski definition) is 1. The molecule has 29 heavy (non-hydrogen) atoms. The molecule has 0 spiro atoms. The zero-order chi connectivity index (χ0) is 20.5. The van der Waals surface area contributed by atoms with E-state index >= 15 is 0 Å². The number of nitrogens with one attached hydrogen (secondary N) is 1. The maximum atomic E-state index is 13.7. The number of hydrogen-bond acceptors (Lipinski definition) is 5. The first-order chi connectivity index (χ1) is 13.9. The predicted molar refractivity (Wildman–Crippen MR) is 104 cm³/mol. The number of benzene rings is 1. The van der Waals surface area contributed by atoms with Gasteiger partial charge in [0.1, 0.15) is 17.2 Å². The van der Waals surface area contributed by atoms with Crippen LogP contribution in [-0.4, -0.2) is 51.6 Å². The van der Waals surface area contributed by atoms with E-state index in [4.69, 9.17) is 0 Å². The summed E-state index contributed by atoms with van der Waals surface area (Å²) >= 11 is 0. The smallest absolute Gasteiger partial charge is 0.322 e. The highest BCUT2D eigenvalue weighted by molar-refractivity contribution is 5.89. The molecule has 10 heteroatoms. The molecule has 1 fully saturated rings. The highest BCUT2D eigenvalue weighted by Gasteiger charge is 2.25. The second-order valence-corrected chi connectivity index (χ2v) is 6.67. The monoisotopic (exact) mass is 400 g/mol. The number of aromatic nitrogens is 3. The molecule has 2 amide bonds. The molecule has 2 aromatic heterocycles. The fourth-order valence-corrected chi connectivity index (χ4v) is 3.25. The third-order valence-corrected chi connectivity index (χ3v) is 4.85. The zero-order valence-corrected chi connectivity index (χ0v) is 15.6. The Balaban J connectivity index is 1.47. The predicted octanol–water partition coefficient (Wildman–Crippen LogP) is 1.96.